The summed E-state index contributed by atoms with van der Waals surface area (Å²) in [5, 5.41) is 11.9. The minimum absolute atomic E-state index is 0.0189. The Kier molecular flexibility index (Phi) is 6.68. The fourth-order valence-electron chi connectivity index (χ4n) is 4.20. The number of benzene rings is 2. The van der Waals surface area contributed by atoms with E-state index in [0.29, 0.717) is 21.7 Å². The average Bonchev–Trinajstić information content (AvgIpc) is 3.33. The highest BCUT2D eigenvalue weighted by atomic mass is 35.5. The first-order valence-electron chi connectivity index (χ1n) is 11.0. The molecule has 2 heterocycles. The van der Waals surface area contributed by atoms with Crippen LogP contribution in [0.1, 0.15) is 41.6 Å². The number of halogens is 1. The number of carbonyl (C=O) groups is 2. The molecule has 2 aromatic carbocycles. The number of nitrogens with zero attached hydrogens (tertiary/aromatic N) is 1. The van der Waals surface area contributed by atoms with Gasteiger partial charge in [-0.2, -0.15) is 0 Å². The molecule has 1 atom stereocenters. The molecule has 0 aliphatic carbocycles. The van der Waals surface area contributed by atoms with E-state index in [0.717, 1.165) is 11.1 Å². The number of aliphatic hydroxyl groups is 1. The Bertz CT molecular complexity index is 1290. The zero-order valence-corrected chi connectivity index (χ0v) is 20.2. The van der Waals surface area contributed by atoms with Crippen LogP contribution in [0.2, 0.25) is 5.02 Å². The van der Waals surface area contributed by atoms with Gasteiger partial charge in [0, 0.05) is 23.0 Å². The van der Waals surface area contributed by atoms with Crippen LogP contribution in [0.15, 0.2) is 58.2 Å². The summed E-state index contributed by atoms with van der Waals surface area (Å²) in [7, 11) is 1.48. The minimum Gasteiger partial charge on any atom is -0.503 e. The summed E-state index contributed by atoms with van der Waals surface area (Å²) in [4.78, 5) is 28.2. The number of aliphatic hydroxyl groups excluding tert-OH is 1. The molecule has 7 nitrogen and oxygen atoms in total. The maximum atomic E-state index is 13.7. The van der Waals surface area contributed by atoms with E-state index >= 15 is 0 Å². The first-order valence-corrected chi connectivity index (χ1v) is 11.3. The normalized spacial score (nSPS) is 16.2. The fourth-order valence-corrected chi connectivity index (χ4v) is 4.42. The van der Waals surface area contributed by atoms with Crippen LogP contribution in [0.3, 0.4) is 0 Å². The maximum Gasteiger partial charge on any atom is 0.290 e. The summed E-state index contributed by atoms with van der Waals surface area (Å²) in [6.45, 7) is 6.17. The molecule has 34 heavy (non-hydrogen) atoms. The Morgan fingerprint density at radius 1 is 1.24 bits per heavy atom. The molecule has 1 aromatic heterocycles. The van der Waals surface area contributed by atoms with Gasteiger partial charge in [0.15, 0.2) is 22.9 Å². The van der Waals surface area contributed by atoms with E-state index < -0.39 is 23.5 Å². The van der Waals surface area contributed by atoms with Gasteiger partial charge in [-0.15, -0.1) is 0 Å². The van der Waals surface area contributed by atoms with Crippen LogP contribution >= 0.6 is 11.6 Å². The SMILES string of the molecule is COc1cc(Cl)cc2cc(C(=O)C3=C(O)C(=O)N(CCOC(C)C)C3c3ccccc3C)oc12. The van der Waals surface area contributed by atoms with Crippen molar-refractivity contribution in [3.63, 3.8) is 0 Å². The molecule has 4 rings (SSSR count). The van der Waals surface area contributed by atoms with Gasteiger partial charge in [-0.25, -0.2) is 0 Å². The standard InChI is InChI=1S/C26H26ClNO6/c1-14(2)33-10-9-28-22(18-8-6-5-7-15(18)3)21(24(30)26(28)31)23(29)19-12-16-11-17(27)13-20(32-4)25(16)34-19/h5-8,11-14,22,30H,9-10H2,1-4H3. The Morgan fingerprint density at radius 3 is 2.65 bits per heavy atom. The van der Waals surface area contributed by atoms with Crippen molar-refractivity contribution in [3.05, 3.63) is 75.7 Å². The highest BCUT2D eigenvalue weighted by molar-refractivity contribution is 6.31. The lowest BCUT2D eigenvalue weighted by Crippen LogP contribution is -2.34. The van der Waals surface area contributed by atoms with Gasteiger partial charge in [0.2, 0.25) is 5.78 Å². The van der Waals surface area contributed by atoms with Gasteiger partial charge in [0.25, 0.3) is 5.91 Å². The summed E-state index contributed by atoms with van der Waals surface area (Å²) in [5.74, 6) is -1.44. The topological polar surface area (TPSA) is 89.2 Å². The van der Waals surface area contributed by atoms with E-state index in [4.69, 9.17) is 25.5 Å². The number of hydrogen-bond donors (Lipinski definition) is 1. The van der Waals surface area contributed by atoms with E-state index in [1.54, 1.807) is 12.1 Å². The quantitative estimate of drug-likeness (QED) is 0.431. The van der Waals surface area contributed by atoms with E-state index in [2.05, 4.69) is 0 Å². The van der Waals surface area contributed by atoms with Gasteiger partial charge < -0.3 is 23.9 Å². The average molecular weight is 484 g/mol. The van der Waals surface area contributed by atoms with Gasteiger partial charge in [0.1, 0.15) is 0 Å². The molecule has 3 aromatic rings. The molecule has 0 saturated carbocycles. The number of carbonyl (C=O) groups excluding carboxylic acids is 2. The van der Waals surface area contributed by atoms with Crippen molar-refractivity contribution in [2.24, 2.45) is 0 Å². The number of methoxy groups -OCH3 is 1. The van der Waals surface area contributed by atoms with Crippen LogP contribution in [0.25, 0.3) is 11.0 Å². The van der Waals surface area contributed by atoms with Crippen LogP contribution in [0, 0.1) is 6.92 Å². The molecular weight excluding hydrogens is 458 g/mol. The summed E-state index contributed by atoms with van der Waals surface area (Å²) < 4.78 is 16.8. The number of hydrogen-bond acceptors (Lipinski definition) is 6. The monoisotopic (exact) mass is 483 g/mol. The van der Waals surface area contributed by atoms with Crippen LogP contribution in [0.4, 0.5) is 0 Å². The van der Waals surface area contributed by atoms with E-state index in [9.17, 15) is 14.7 Å². The molecule has 1 aliphatic heterocycles. The predicted molar refractivity (Wildman–Crippen MR) is 128 cm³/mol. The third kappa shape index (κ3) is 4.29. The molecule has 178 valence electrons. The van der Waals surface area contributed by atoms with Crippen molar-refractivity contribution < 1.29 is 28.6 Å². The molecule has 0 bridgehead atoms. The van der Waals surface area contributed by atoms with E-state index in [1.165, 1.54) is 18.1 Å². The summed E-state index contributed by atoms with van der Waals surface area (Å²) >= 11 is 6.15. The first kappa shape index (κ1) is 23.9. The van der Waals surface area contributed by atoms with Gasteiger partial charge in [0.05, 0.1) is 31.4 Å². The van der Waals surface area contributed by atoms with Crippen LogP contribution in [0.5, 0.6) is 5.75 Å². The molecule has 1 N–H and O–H groups in total. The Morgan fingerprint density at radius 2 is 1.97 bits per heavy atom. The highest BCUT2D eigenvalue weighted by Gasteiger charge is 2.44. The van der Waals surface area contributed by atoms with Crippen molar-refractivity contribution in [3.8, 4) is 5.75 Å². The second kappa shape index (κ2) is 9.52. The number of aryl methyl sites for hydroxylation is 1. The van der Waals surface area contributed by atoms with E-state index in [-0.39, 0.29) is 30.6 Å². The van der Waals surface area contributed by atoms with Crippen LogP contribution in [-0.2, 0) is 9.53 Å². The fraction of sp³-hybridized carbons (Fsp3) is 0.308. The Balaban J connectivity index is 1.79. The molecular formula is C26H26ClNO6. The summed E-state index contributed by atoms with van der Waals surface area (Å²) in [6, 6.07) is 11.5. The Labute approximate surface area is 202 Å². The largest absolute Gasteiger partial charge is 0.503 e. The van der Waals surface area contributed by atoms with Gasteiger partial charge in [-0.05, 0) is 44.0 Å². The molecule has 1 amide bonds. The number of Topliss-reactive ketones (excluding diaryl/α,β-unsaturated/α-hetero) is 1. The van der Waals surface area contributed by atoms with Crippen molar-refractivity contribution in [1.29, 1.82) is 0 Å². The van der Waals surface area contributed by atoms with Crippen molar-refractivity contribution in [2.45, 2.75) is 32.9 Å². The molecule has 8 heteroatoms. The number of rotatable bonds is 8. The van der Waals surface area contributed by atoms with Crippen molar-refractivity contribution in [1.82, 2.24) is 4.90 Å². The molecule has 0 fully saturated rings. The van der Waals surface area contributed by atoms with Gasteiger partial charge in [-0.3, -0.25) is 9.59 Å². The lowest BCUT2D eigenvalue weighted by molar-refractivity contribution is -0.130. The third-order valence-corrected chi connectivity index (χ3v) is 6.02. The molecule has 0 radical (unpaired) electrons. The summed E-state index contributed by atoms with van der Waals surface area (Å²) in [6.07, 6.45) is -0.0189. The number of ether oxygens (including phenoxy) is 2. The number of amides is 1. The second-order valence-corrected chi connectivity index (χ2v) is 8.84. The van der Waals surface area contributed by atoms with Gasteiger partial charge in [-0.1, -0.05) is 35.9 Å². The number of ketones is 1. The second-order valence-electron chi connectivity index (χ2n) is 8.41. The van der Waals surface area contributed by atoms with Crippen LogP contribution in [-0.4, -0.2) is 48.1 Å². The molecule has 0 saturated heterocycles. The summed E-state index contributed by atoms with van der Waals surface area (Å²) in [5.41, 5.74) is 1.94. The van der Waals surface area contributed by atoms with Crippen molar-refractivity contribution in [2.75, 3.05) is 20.3 Å². The molecule has 1 unspecified atom stereocenters. The highest BCUT2D eigenvalue weighted by Crippen LogP contribution is 2.41. The molecule has 0 spiro atoms. The zero-order chi connectivity index (χ0) is 24.6. The number of fused-ring (bicyclic) bond motifs is 1. The number of furan rings is 1. The molecule has 1 aliphatic rings. The smallest absolute Gasteiger partial charge is 0.290 e. The van der Waals surface area contributed by atoms with Crippen LogP contribution < -0.4 is 4.74 Å². The Hall–Kier alpha value is -3.29. The first-order chi connectivity index (χ1) is 16.2. The zero-order valence-electron chi connectivity index (χ0n) is 19.4. The maximum absolute atomic E-state index is 13.7. The van der Waals surface area contributed by atoms with Crippen molar-refractivity contribution >= 4 is 34.3 Å². The lowest BCUT2D eigenvalue weighted by Gasteiger charge is -2.28. The third-order valence-electron chi connectivity index (χ3n) is 5.81. The lowest BCUT2D eigenvalue weighted by atomic mass is 9.92. The predicted octanol–water partition coefficient (Wildman–Crippen LogP) is 5.41. The van der Waals surface area contributed by atoms with Gasteiger partial charge >= 0.3 is 0 Å². The van der Waals surface area contributed by atoms with E-state index in [1.807, 2.05) is 45.0 Å². The minimum atomic E-state index is -0.782.